The van der Waals surface area contributed by atoms with Crippen LogP contribution in [0.3, 0.4) is 0 Å². The SMILES string of the molecule is CCCC(CC)N1CCN(C)c2cc(-c3cnn(C)c3)c(C(F)(F)F)cc21. The van der Waals surface area contributed by atoms with Gasteiger partial charge in [0.1, 0.15) is 0 Å². The van der Waals surface area contributed by atoms with Gasteiger partial charge in [-0.25, -0.2) is 0 Å². The van der Waals surface area contributed by atoms with Gasteiger partial charge in [-0.2, -0.15) is 18.3 Å². The summed E-state index contributed by atoms with van der Waals surface area (Å²) in [5.41, 5.74) is 1.61. The summed E-state index contributed by atoms with van der Waals surface area (Å²) < 4.78 is 43.2. The molecule has 7 heteroatoms. The molecule has 0 radical (unpaired) electrons. The lowest BCUT2D eigenvalue weighted by Gasteiger charge is -2.42. The quantitative estimate of drug-likeness (QED) is 0.734. The van der Waals surface area contributed by atoms with Crippen LogP contribution in [-0.2, 0) is 13.2 Å². The minimum Gasteiger partial charge on any atom is -0.371 e. The number of fused-ring (bicyclic) bond motifs is 1. The van der Waals surface area contributed by atoms with Crippen molar-refractivity contribution in [2.75, 3.05) is 29.9 Å². The van der Waals surface area contributed by atoms with Gasteiger partial charge in [-0.05, 0) is 30.5 Å². The molecule has 0 saturated carbocycles. The summed E-state index contributed by atoms with van der Waals surface area (Å²) in [6.07, 6.45) is 1.61. The predicted octanol–water partition coefficient (Wildman–Crippen LogP) is 4.94. The Bertz CT molecular complexity index is 797. The van der Waals surface area contributed by atoms with Crippen LogP contribution in [0, 0.1) is 0 Å². The molecular weight excluding hydrogens is 353 g/mol. The van der Waals surface area contributed by atoms with Gasteiger partial charge in [-0.3, -0.25) is 4.68 Å². The molecule has 2 aromatic rings. The van der Waals surface area contributed by atoms with Gasteiger partial charge in [0.05, 0.1) is 23.1 Å². The van der Waals surface area contributed by atoms with Crippen LogP contribution in [0.5, 0.6) is 0 Å². The number of nitrogens with zero attached hydrogens (tertiary/aromatic N) is 4. The summed E-state index contributed by atoms with van der Waals surface area (Å²) in [5.74, 6) is 0. The van der Waals surface area contributed by atoms with Crippen molar-refractivity contribution in [2.45, 2.75) is 45.3 Å². The molecule has 0 bridgehead atoms. The van der Waals surface area contributed by atoms with Crippen molar-refractivity contribution >= 4 is 11.4 Å². The van der Waals surface area contributed by atoms with Crippen LogP contribution in [-0.4, -0.2) is 36.0 Å². The molecule has 0 saturated heterocycles. The molecule has 0 amide bonds. The number of alkyl halides is 3. The van der Waals surface area contributed by atoms with Crippen molar-refractivity contribution in [3.8, 4) is 11.1 Å². The summed E-state index contributed by atoms with van der Waals surface area (Å²) in [6.45, 7) is 5.76. The van der Waals surface area contributed by atoms with Gasteiger partial charge in [-0.15, -0.1) is 0 Å². The Morgan fingerprint density at radius 3 is 2.41 bits per heavy atom. The summed E-state index contributed by atoms with van der Waals surface area (Å²) in [5, 5.41) is 4.05. The van der Waals surface area contributed by atoms with Crippen molar-refractivity contribution in [3.05, 3.63) is 30.1 Å². The molecule has 4 nitrogen and oxygen atoms in total. The minimum atomic E-state index is -4.42. The monoisotopic (exact) mass is 380 g/mol. The molecule has 0 N–H and O–H groups in total. The van der Waals surface area contributed by atoms with E-state index in [1.165, 1.54) is 16.9 Å². The van der Waals surface area contributed by atoms with Crippen LogP contribution < -0.4 is 9.80 Å². The first-order valence-corrected chi connectivity index (χ1v) is 9.48. The van der Waals surface area contributed by atoms with Gasteiger partial charge >= 0.3 is 6.18 Å². The van der Waals surface area contributed by atoms with Crippen molar-refractivity contribution in [3.63, 3.8) is 0 Å². The number of anilines is 2. The lowest BCUT2D eigenvalue weighted by molar-refractivity contribution is -0.137. The molecule has 0 fully saturated rings. The highest BCUT2D eigenvalue weighted by molar-refractivity contribution is 5.83. The topological polar surface area (TPSA) is 24.3 Å². The van der Waals surface area contributed by atoms with Crippen molar-refractivity contribution in [1.29, 1.82) is 0 Å². The zero-order valence-corrected chi connectivity index (χ0v) is 16.3. The van der Waals surface area contributed by atoms with Gasteiger partial charge < -0.3 is 9.80 Å². The average Bonchev–Trinajstić information content (AvgIpc) is 3.05. The van der Waals surface area contributed by atoms with Crippen LogP contribution >= 0.6 is 0 Å². The van der Waals surface area contributed by atoms with Gasteiger partial charge in [-0.1, -0.05) is 20.3 Å². The van der Waals surface area contributed by atoms with Gasteiger partial charge in [0.15, 0.2) is 0 Å². The van der Waals surface area contributed by atoms with E-state index in [0.717, 1.165) is 38.0 Å². The molecule has 1 atom stereocenters. The highest BCUT2D eigenvalue weighted by Gasteiger charge is 2.37. The Morgan fingerprint density at radius 1 is 1.11 bits per heavy atom. The number of aryl methyl sites for hydroxylation is 1. The fourth-order valence-electron chi connectivity index (χ4n) is 3.94. The second kappa shape index (κ2) is 7.44. The Balaban J connectivity index is 2.19. The van der Waals surface area contributed by atoms with Crippen molar-refractivity contribution < 1.29 is 13.2 Å². The van der Waals surface area contributed by atoms with Gasteiger partial charge in [0.2, 0.25) is 0 Å². The lowest BCUT2D eigenvalue weighted by Crippen LogP contribution is -2.45. The zero-order valence-electron chi connectivity index (χ0n) is 16.3. The smallest absolute Gasteiger partial charge is 0.371 e. The zero-order chi connectivity index (χ0) is 19.8. The highest BCUT2D eigenvalue weighted by atomic mass is 19.4. The first kappa shape index (κ1) is 19.6. The second-order valence-corrected chi connectivity index (χ2v) is 7.25. The fourth-order valence-corrected chi connectivity index (χ4v) is 3.94. The third-order valence-electron chi connectivity index (χ3n) is 5.37. The maximum atomic E-state index is 13.9. The van der Waals surface area contributed by atoms with E-state index in [1.807, 2.05) is 11.9 Å². The Kier molecular flexibility index (Phi) is 5.40. The summed E-state index contributed by atoms with van der Waals surface area (Å²) >= 11 is 0. The van der Waals surface area contributed by atoms with E-state index in [0.29, 0.717) is 11.3 Å². The molecular formula is C20H27F3N4. The molecule has 1 aliphatic rings. The molecule has 0 spiro atoms. The molecule has 1 aliphatic heterocycles. The molecule has 0 aliphatic carbocycles. The first-order valence-electron chi connectivity index (χ1n) is 9.48. The normalized spacial score (nSPS) is 15.8. The number of halogens is 3. The largest absolute Gasteiger partial charge is 0.417 e. The molecule has 2 heterocycles. The average molecular weight is 380 g/mol. The minimum absolute atomic E-state index is 0.187. The van der Waals surface area contributed by atoms with Gasteiger partial charge in [0.25, 0.3) is 0 Å². The first-order chi connectivity index (χ1) is 12.8. The maximum absolute atomic E-state index is 13.9. The van der Waals surface area contributed by atoms with Crippen LogP contribution in [0.25, 0.3) is 11.1 Å². The van der Waals surface area contributed by atoms with Crippen LogP contribution in [0.15, 0.2) is 24.5 Å². The molecule has 3 rings (SSSR count). The number of hydrogen-bond donors (Lipinski definition) is 0. The fraction of sp³-hybridized carbons (Fsp3) is 0.550. The number of rotatable bonds is 5. The van der Waals surface area contributed by atoms with Crippen LogP contribution in [0.1, 0.15) is 38.7 Å². The van der Waals surface area contributed by atoms with Gasteiger partial charge in [0, 0.05) is 45.0 Å². The van der Waals surface area contributed by atoms with E-state index < -0.39 is 11.7 Å². The highest BCUT2D eigenvalue weighted by Crippen LogP contribution is 2.45. The summed E-state index contributed by atoms with van der Waals surface area (Å²) in [7, 11) is 3.65. The number of aromatic nitrogens is 2. The van der Waals surface area contributed by atoms with E-state index in [9.17, 15) is 13.2 Å². The molecule has 27 heavy (non-hydrogen) atoms. The van der Waals surface area contributed by atoms with E-state index >= 15 is 0 Å². The van der Waals surface area contributed by atoms with E-state index in [4.69, 9.17) is 0 Å². The third-order valence-corrected chi connectivity index (χ3v) is 5.37. The van der Waals surface area contributed by atoms with E-state index in [-0.39, 0.29) is 11.6 Å². The Labute approximate surface area is 158 Å². The molecule has 1 aromatic carbocycles. The molecule has 1 unspecified atom stereocenters. The molecule has 1 aromatic heterocycles. The molecule has 148 valence electrons. The predicted molar refractivity (Wildman–Crippen MR) is 103 cm³/mol. The third kappa shape index (κ3) is 3.77. The Hall–Kier alpha value is -2.18. The summed E-state index contributed by atoms with van der Waals surface area (Å²) in [6, 6.07) is 3.28. The Morgan fingerprint density at radius 2 is 1.85 bits per heavy atom. The standard InChI is InChI=1S/C20H27F3N4/c1-5-7-15(6-2)27-9-8-25(3)18-10-16(14-12-24-26(4)13-14)17(11-19(18)27)20(21,22)23/h10-13,15H,5-9H2,1-4H3. The number of hydrogen-bond acceptors (Lipinski definition) is 3. The number of benzene rings is 1. The van der Waals surface area contributed by atoms with E-state index in [2.05, 4.69) is 23.8 Å². The van der Waals surface area contributed by atoms with Crippen LogP contribution in [0.4, 0.5) is 24.5 Å². The second-order valence-electron chi connectivity index (χ2n) is 7.25. The van der Waals surface area contributed by atoms with Crippen molar-refractivity contribution in [2.24, 2.45) is 7.05 Å². The van der Waals surface area contributed by atoms with Crippen molar-refractivity contribution in [1.82, 2.24) is 9.78 Å². The lowest BCUT2D eigenvalue weighted by atomic mass is 9.96. The van der Waals surface area contributed by atoms with Crippen LogP contribution in [0.2, 0.25) is 0 Å². The summed E-state index contributed by atoms with van der Waals surface area (Å²) in [4.78, 5) is 4.21. The van der Waals surface area contributed by atoms with E-state index in [1.54, 1.807) is 19.3 Å². The maximum Gasteiger partial charge on any atom is 0.417 e. The number of likely N-dealkylation sites (N-methyl/N-ethyl adjacent to an activating group) is 1.